The molecule has 1 aromatic carbocycles. The van der Waals surface area contributed by atoms with E-state index in [2.05, 4.69) is 16.2 Å². The molecule has 20 heavy (non-hydrogen) atoms. The second-order valence-corrected chi connectivity index (χ2v) is 4.31. The SMILES string of the molecule is N#Cc1ccnc(-n2cc(-c3cccc(N)c3)cn2)c1. The molecule has 2 N–H and O–H groups in total. The van der Waals surface area contributed by atoms with Crippen molar-refractivity contribution in [3.05, 3.63) is 60.6 Å². The van der Waals surface area contributed by atoms with E-state index in [9.17, 15) is 0 Å². The highest BCUT2D eigenvalue weighted by atomic mass is 15.3. The van der Waals surface area contributed by atoms with Gasteiger partial charge in [-0.25, -0.2) is 9.67 Å². The monoisotopic (exact) mass is 261 g/mol. The van der Waals surface area contributed by atoms with Crippen LogP contribution in [0.25, 0.3) is 16.9 Å². The molecule has 0 aliphatic heterocycles. The fourth-order valence-electron chi connectivity index (χ4n) is 1.93. The Morgan fingerprint density at radius 2 is 2.05 bits per heavy atom. The van der Waals surface area contributed by atoms with E-state index in [1.807, 2.05) is 30.5 Å². The molecule has 0 atom stereocenters. The van der Waals surface area contributed by atoms with Crippen LogP contribution in [-0.2, 0) is 0 Å². The van der Waals surface area contributed by atoms with Gasteiger partial charge in [-0.05, 0) is 23.8 Å². The molecule has 2 heterocycles. The molecule has 3 rings (SSSR count). The van der Waals surface area contributed by atoms with E-state index in [0.717, 1.165) is 11.1 Å². The van der Waals surface area contributed by atoms with Crippen molar-refractivity contribution in [2.45, 2.75) is 0 Å². The van der Waals surface area contributed by atoms with Gasteiger partial charge in [-0.1, -0.05) is 12.1 Å². The summed E-state index contributed by atoms with van der Waals surface area (Å²) in [6, 6.07) is 13.0. The first kappa shape index (κ1) is 11.9. The zero-order valence-electron chi connectivity index (χ0n) is 10.6. The first-order valence-electron chi connectivity index (χ1n) is 6.03. The van der Waals surface area contributed by atoms with Crippen LogP contribution in [0.3, 0.4) is 0 Å². The largest absolute Gasteiger partial charge is 0.399 e. The van der Waals surface area contributed by atoms with Gasteiger partial charge in [-0.15, -0.1) is 0 Å². The minimum Gasteiger partial charge on any atom is -0.399 e. The Balaban J connectivity index is 2.00. The summed E-state index contributed by atoms with van der Waals surface area (Å²) < 4.78 is 1.64. The van der Waals surface area contributed by atoms with E-state index in [-0.39, 0.29) is 0 Å². The van der Waals surface area contributed by atoms with Crippen LogP contribution >= 0.6 is 0 Å². The van der Waals surface area contributed by atoms with Gasteiger partial charge in [0, 0.05) is 29.7 Å². The summed E-state index contributed by atoms with van der Waals surface area (Å²) in [5.74, 6) is 0.610. The van der Waals surface area contributed by atoms with Crippen LogP contribution in [0.1, 0.15) is 5.56 Å². The van der Waals surface area contributed by atoms with Crippen LogP contribution in [0.5, 0.6) is 0 Å². The maximum Gasteiger partial charge on any atom is 0.154 e. The number of aromatic nitrogens is 3. The van der Waals surface area contributed by atoms with Gasteiger partial charge >= 0.3 is 0 Å². The number of rotatable bonds is 2. The Bertz CT molecular complexity index is 798. The summed E-state index contributed by atoms with van der Waals surface area (Å²) in [5, 5.41) is 13.2. The van der Waals surface area contributed by atoms with Crippen molar-refractivity contribution in [3.63, 3.8) is 0 Å². The maximum atomic E-state index is 8.90. The third-order valence-electron chi connectivity index (χ3n) is 2.91. The van der Waals surface area contributed by atoms with Crippen molar-refractivity contribution < 1.29 is 0 Å². The van der Waals surface area contributed by atoms with Gasteiger partial charge in [0.2, 0.25) is 0 Å². The van der Waals surface area contributed by atoms with Gasteiger partial charge in [-0.2, -0.15) is 10.4 Å². The van der Waals surface area contributed by atoms with Crippen LogP contribution < -0.4 is 5.73 Å². The Morgan fingerprint density at radius 3 is 2.85 bits per heavy atom. The summed E-state index contributed by atoms with van der Waals surface area (Å²) in [6.07, 6.45) is 5.20. The Labute approximate surface area is 115 Å². The molecule has 0 saturated heterocycles. The second kappa shape index (κ2) is 4.86. The molecule has 0 saturated carbocycles. The number of pyridine rings is 1. The fraction of sp³-hybridized carbons (Fsp3) is 0. The molecule has 5 nitrogen and oxygen atoms in total. The molecule has 0 spiro atoms. The van der Waals surface area contributed by atoms with E-state index in [0.29, 0.717) is 17.1 Å². The molecular weight excluding hydrogens is 250 g/mol. The summed E-state index contributed by atoms with van der Waals surface area (Å²) in [7, 11) is 0. The highest BCUT2D eigenvalue weighted by Crippen LogP contribution is 2.21. The number of benzene rings is 1. The Kier molecular flexibility index (Phi) is 2.90. The normalized spacial score (nSPS) is 10.2. The van der Waals surface area contributed by atoms with Crippen molar-refractivity contribution >= 4 is 5.69 Å². The van der Waals surface area contributed by atoms with E-state index in [1.54, 1.807) is 29.2 Å². The number of nitriles is 1. The van der Waals surface area contributed by atoms with Gasteiger partial charge in [0.05, 0.1) is 17.8 Å². The summed E-state index contributed by atoms with van der Waals surface area (Å²) in [5.41, 5.74) is 8.98. The number of nitrogens with two attached hydrogens (primary N) is 1. The molecule has 3 aromatic rings. The quantitative estimate of drug-likeness (QED) is 0.718. The third kappa shape index (κ3) is 2.22. The third-order valence-corrected chi connectivity index (χ3v) is 2.91. The lowest BCUT2D eigenvalue weighted by atomic mass is 10.1. The van der Waals surface area contributed by atoms with Crippen LogP contribution in [-0.4, -0.2) is 14.8 Å². The van der Waals surface area contributed by atoms with Crippen LogP contribution in [0, 0.1) is 11.3 Å². The predicted molar refractivity (Wildman–Crippen MR) is 75.9 cm³/mol. The standard InChI is InChI=1S/C15H11N5/c16-8-11-4-5-18-15(6-11)20-10-13(9-19-20)12-2-1-3-14(17)7-12/h1-7,9-10H,17H2. The lowest BCUT2D eigenvalue weighted by molar-refractivity contribution is 0.846. The van der Waals surface area contributed by atoms with Crippen LogP contribution in [0.2, 0.25) is 0 Å². The molecular formula is C15H11N5. The summed E-state index contributed by atoms with van der Waals surface area (Å²) in [6.45, 7) is 0. The van der Waals surface area contributed by atoms with Gasteiger partial charge < -0.3 is 5.73 Å². The zero-order chi connectivity index (χ0) is 13.9. The van der Waals surface area contributed by atoms with Crippen LogP contribution in [0.4, 0.5) is 5.69 Å². The lowest BCUT2D eigenvalue weighted by Gasteiger charge is -2.00. The predicted octanol–water partition coefficient (Wildman–Crippen LogP) is 2.39. The molecule has 96 valence electrons. The Hall–Kier alpha value is -3.13. The van der Waals surface area contributed by atoms with Gasteiger partial charge in [0.1, 0.15) is 0 Å². The number of nitrogen functional groups attached to an aromatic ring is 1. The fourth-order valence-corrected chi connectivity index (χ4v) is 1.93. The highest BCUT2D eigenvalue weighted by Gasteiger charge is 2.05. The van der Waals surface area contributed by atoms with Gasteiger partial charge in [0.15, 0.2) is 5.82 Å². The van der Waals surface area contributed by atoms with Crippen molar-refractivity contribution in [3.8, 4) is 23.0 Å². The van der Waals surface area contributed by atoms with Crippen molar-refractivity contribution in [2.75, 3.05) is 5.73 Å². The molecule has 0 radical (unpaired) electrons. The smallest absolute Gasteiger partial charge is 0.154 e. The number of nitrogens with zero attached hydrogens (tertiary/aromatic N) is 4. The minimum atomic E-state index is 0.552. The maximum absolute atomic E-state index is 8.90. The topological polar surface area (TPSA) is 80.5 Å². The van der Waals surface area contributed by atoms with E-state index < -0.39 is 0 Å². The average Bonchev–Trinajstić information content (AvgIpc) is 2.97. The first-order chi connectivity index (χ1) is 9.76. The number of anilines is 1. The molecule has 5 heteroatoms. The van der Waals surface area contributed by atoms with Gasteiger partial charge in [-0.3, -0.25) is 0 Å². The summed E-state index contributed by atoms with van der Waals surface area (Å²) >= 11 is 0. The van der Waals surface area contributed by atoms with Crippen molar-refractivity contribution in [2.24, 2.45) is 0 Å². The number of hydrogen-bond acceptors (Lipinski definition) is 4. The van der Waals surface area contributed by atoms with Crippen LogP contribution in [0.15, 0.2) is 55.0 Å². The first-order valence-corrected chi connectivity index (χ1v) is 6.03. The molecule has 0 bridgehead atoms. The minimum absolute atomic E-state index is 0.552. The molecule has 0 aliphatic carbocycles. The van der Waals surface area contributed by atoms with E-state index >= 15 is 0 Å². The molecule has 2 aromatic heterocycles. The molecule has 0 aliphatic rings. The van der Waals surface area contributed by atoms with E-state index in [4.69, 9.17) is 11.0 Å². The van der Waals surface area contributed by atoms with Gasteiger partial charge in [0.25, 0.3) is 0 Å². The summed E-state index contributed by atoms with van der Waals surface area (Å²) in [4.78, 5) is 4.21. The molecule has 0 fully saturated rings. The van der Waals surface area contributed by atoms with E-state index in [1.165, 1.54) is 0 Å². The lowest BCUT2D eigenvalue weighted by Crippen LogP contribution is -1.97. The molecule has 0 amide bonds. The average molecular weight is 261 g/mol. The molecule has 0 unspecified atom stereocenters. The number of hydrogen-bond donors (Lipinski definition) is 1. The highest BCUT2D eigenvalue weighted by molar-refractivity contribution is 5.66. The zero-order valence-corrected chi connectivity index (χ0v) is 10.6. The second-order valence-electron chi connectivity index (χ2n) is 4.31. The Morgan fingerprint density at radius 1 is 1.15 bits per heavy atom. The van der Waals surface area contributed by atoms with Crippen molar-refractivity contribution in [1.29, 1.82) is 5.26 Å². The van der Waals surface area contributed by atoms with Crippen molar-refractivity contribution in [1.82, 2.24) is 14.8 Å².